The first-order valence-electron chi connectivity index (χ1n) is 6.66. The number of primary sulfonamides is 1. The minimum Gasteiger partial charge on any atom is -0.350 e. The first kappa shape index (κ1) is 17.6. The van der Waals surface area contributed by atoms with Crippen molar-refractivity contribution in [2.75, 3.05) is 6.54 Å². The zero-order valence-electron chi connectivity index (χ0n) is 12.8. The summed E-state index contributed by atoms with van der Waals surface area (Å²) in [7, 11) is -3.68. The molecule has 7 heteroatoms. The molecule has 0 spiro atoms. The molecule has 0 fully saturated rings. The maximum atomic E-state index is 11.7. The number of carbonyl (C=O) groups is 1. The van der Waals surface area contributed by atoms with Gasteiger partial charge in [-0.1, -0.05) is 12.1 Å². The standard InChI is InChI=1S/C14H23N3O3S/c1-10(16-9-13(18)17-14(2,3)4)11-5-7-12(8-6-11)21(15,19)20/h5-8,10,16H,9H2,1-4H3,(H,17,18)(H2,15,19,20). The molecule has 0 saturated heterocycles. The summed E-state index contributed by atoms with van der Waals surface area (Å²) in [5.74, 6) is -0.0875. The normalized spacial score (nSPS) is 13.8. The first-order chi connectivity index (χ1) is 9.49. The number of hydrogen-bond acceptors (Lipinski definition) is 4. The summed E-state index contributed by atoms with van der Waals surface area (Å²) >= 11 is 0. The fourth-order valence-corrected chi connectivity index (χ4v) is 2.29. The molecule has 1 atom stereocenters. The molecular weight excluding hydrogens is 290 g/mol. The number of hydrogen-bond donors (Lipinski definition) is 3. The summed E-state index contributed by atoms with van der Waals surface area (Å²) in [6, 6.07) is 6.19. The van der Waals surface area contributed by atoms with E-state index in [2.05, 4.69) is 10.6 Å². The molecule has 0 radical (unpaired) electrons. The number of sulfonamides is 1. The molecule has 4 N–H and O–H groups in total. The molecule has 1 aromatic carbocycles. The van der Waals surface area contributed by atoms with Crippen LogP contribution in [0, 0.1) is 0 Å². The molecule has 0 bridgehead atoms. The topological polar surface area (TPSA) is 101 Å². The molecule has 0 saturated carbocycles. The second-order valence-electron chi connectivity index (χ2n) is 6.01. The largest absolute Gasteiger partial charge is 0.350 e. The van der Waals surface area contributed by atoms with Gasteiger partial charge in [0.1, 0.15) is 0 Å². The Labute approximate surface area is 126 Å². The summed E-state index contributed by atoms with van der Waals surface area (Å²) in [5.41, 5.74) is 0.616. The SMILES string of the molecule is CC(NCC(=O)NC(C)(C)C)c1ccc(S(N)(=O)=O)cc1. The van der Waals surface area contributed by atoms with E-state index >= 15 is 0 Å². The van der Waals surface area contributed by atoms with Crippen LogP contribution in [0.3, 0.4) is 0 Å². The van der Waals surface area contributed by atoms with Gasteiger partial charge in [-0.2, -0.15) is 0 Å². The average molecular weight is 313 g/mol. The van der Waals surface area contributed by atoms with Crippen molar-refractivity contribution >= 4 is 15.9 Å². The lowest BCUT2D eigenvalue weighted by Crippen LogP contribution is -2.45. The van der Waals surface area contributed by atoms with Crippen molar-refractivity contribution in [1.29, 1.82) is 0 Å². The monoisotopic (exact) mass is 313 g/mol. The fourth-order valence-electron chi connectivity index (χ4n) is 1.77. The van der Waals surface area contributed by atoms with E-state index in [1.165, 1.54) is 12.1 Å². The van der Waals surface area contributed by atoms with E-state index in [0.717, 1.165) is 5.56 Å². The second-order valence-corrected chi connectivity index (χ2v) is 7.58. The third kappa shape index (κ3) is 6.24. The Hall–Kier alpha value is -1.44. The Morgan fingerprint density at radius 2 is 1.76 bits per heavy atom. The number of rotatable bonds is 5. The van der Waals surface area contributed by atoms with Gasteiger partial charge < -0.3 is 10.6 Å². The summed E-state index contributed by atoms with van der Waals surface area (Å²) in [5, 5.41) is 11.0. The molecule has 1 unspecified atom stereocenters. The molecule has 1 amide bonds. The van der Waals surface area contributed by atoms with E-state index in [4.69, 9.17) is 5.14 Å². The highest BCUT2D eigenvalue weighted by atomic mass is 32.2. The molecule has 0 aromatic heterocycles. The van der Waals surface area contributed by atoms with Gasteiger partial charge in [-0.05, 0) is 45.4 Å². The quantitative estimate of drug-likeness (QED) is 0.751. The van der Waals surface area contributed by atoms with Crippen LogP contribution in [0.15, 0.2) is 29.2 Å². The van der Waals surface area contributed by atoms with Crippen molar-refractivity contribution in [3.8, 4) is 0 Å². The van der Waals surface area contributed by atoms with Crippen molar-refractivity contribution in [3.05, 3.63) is 29.8 Å². The lowest BCUT2D eigenvalue weighted by molar-refractivity contribution is -0.121. The number of nitrogens with one attached hydrogen (secondary N) is 2. The van der Waals surface area contributed by atoms with E-state index in [1.807, 2.05) is 27.7 Å². The van der Waals surface area contributed by atoms with E-state index < -0.39 is 10.0 Å². The Kier molecular flexibility index (Phi) is 5.49. The molecule has 0 aliphatic heterocycles. The number of nitrogens with two attached hydrogens (primary N) is 1. The van der Waals surface area contributed by atoms with Gasteiger partial charge in [0.25, 0.3) is 0 Å². The van der Waals surface area contributed by atoms with Gasteiger partial charge in [0.2, 0.25) is 15.9 Å². The van der Waals surface area contributed by atoms with E-state index in [1.54, 1.807) is 12.1 Å². The fraction of sp³-hybridized carbons (Fsp3) is 0.500. The van der Waals surface area contributed by atoms with Gasteiger partial charge in [-0.3, -0.25) is 4.79 Å². The van der Waals surface area contributed by atoms with E-state index in [9.17, 15) is 13.2 Å². The lowest BCUT2D eigenvalue weighted by Gasteiger charge is -2.21. The second kappa shape index (κ2) is 6.55. The predicted molar refractivity (Wildman–Crippen MR) is 82.1 cm³/mol. The highest BCUT2D eigenvalue weighted by molar-refractivity contribution is 7.89. The van der Waals surface area contributed by atoms with Gasteiger partial charge in [0, 0.05) is 11.6 Å². The van der Waals surface area contributed by atoms with Crippen LogP contribution in [-0.4, -0.2) is 26.4 Å². The number of amides is 1. The molecule has 6 nitrogen and oxygen atoms in total. The van der Waals surface area contributed by atoms with Crippen molar-refractivity contribution < 1.29 is 13.2 Å². The molecule has 21 heavy (non-hydrogen) atoms. The van der Waals surface area contributed by atoms with Crippen molar-refractivity contribution in [2.45, 2.75) is 44.2 Å². The maximum absolute atomic E-state index is 11.7. The van der Waals surface area contributed by atoms with Crippen LogP contribution in [0.2, 0.25) is 0 Å². The molecule has 0 aliphatic carbocycles. The van der Waals surface area contributed by atoms with E-state index in [-0.39, 0.29) is 28.9 Å². The smallest absolute Gasteiger partial charge is 0.238 e. The average Bonchev–Trinajstić information content (AvgIpc) is 2.33. The van der Waals surface area contributed by atoms with Gasteiger partial charge >= 0.3 is 0 Å². The van der Waals surface area contributed by atoms with Crippen molar-refractivity contribution in [2.24, 2.45) is 5.14 Å². The molecule has 1 aromatic rings. The van der Waals surface area contributed by atoms with Crippen molar-refractivity contribution in [1.82, 2.24) is 10.6 Å². The lowest BCUT2D eigenvalue weighted by atomic mass is 10.1. The molecule has 1 rings (SSSR count). The van der Waals surface area contributed by atoms with Gasteiger partial charge in [0.15, 0.2) is 0 Å². The van der Waals surface area contributed by atoms with Crippen molar-refractivity contribution in [3.63, 3.8) is 0 Å². The van der Waals surface area contributed by atoms with Crippen LogP contribution < -0.4 is 15.8 Å². The van der Waals surface area contributed by atoms with E-state index in [0.29, 0.717) is 0 Å². The van der Waals surface area contributed by atoms with Gasteiger partial charge in [-0.25, -0.2) is 13.6 Å². The Balaban J connectivity index is 2.60. The van der Waals surface area contributed by atoms with Crippen LogP contribution in [-0.2, 0) is 14.8 Å². The molecule has 118 valence electrons. The Bertz CT molecular complexity index is 589. The first-order valence-corrected chi connectivity index (χ1v) is 8.21. The third-order valence-corrected chi connectivity index (χ3v) is 3.72. The number of benzene rings is 1. The third-order valence-electron chi connectivity index (χ3n) is 2.79. The van der Waals surface area contributed by atoms with Crippen LogP contribution in [0.4, 0.5) is 0 Å². The highest BCUT2D eigenvalue weighted by Crippen LogP contribution is 2.15. The predicted octanol–water partition coefficient (Wildman–Crippen LogP) is 0.899. The minimum atomic E-state index is -3.68. The molecule has 0 heterocycles. The Morgan fingerprint density at radius 3 is 2.19 bits per heavy atom. The van der Waals surface area contributed by atoms with Crippen LogP contribution in [0.25, 0.3) is 0 Å². The minimum absolute atomic E-state index is 0.0731. The van der Waals surface area contributed by atoms with Gasteiger partial charge in [0.05, 0.1) is 11.4 Å². The summed E-state index contributed by atoms with van der Waals surface area (Å²) in [6.07, 6.45) is 0. The zero-order chi connectivity index (χ0) is 16.3. The number of carbonyl (C=O) groups excluding carboxylic acids is 1. The highest BCUT2D eigenvalue weighted by Gasteiger charge is 2.15. The summed E-state index contributed by atoms with van der Waals surface area (Å²) in [4.78, 5) is 11.8. The molecular formula is C14H23N3O3S. The Morgan fingerprint density at radius 1 is 1.24 bits per heavy atom. The summed E-state index contributed by atoms with van der Waals surface area (Å²) in [6.45, 7) is 7.84. The van der Waals surface area contributed by atoms with Crippen LogP contribution in [0.1, 0.15) is 39.3 Å². The summed E-state index contributed by atoms with van der Waals surface area (Å²) < 4.78 is 22.3. The van der Waals surface area contributed by atoms with Crippen LogP contribution in [0.5, 0.6) is 0 Å². The zero-order valence-corrected chi connectivity index (χ0v) is 13.6. The van der Waals surface area contributed by atoms with Crippen LogP contribution >= 0.6 is 0 Å². The maximum Gasteiger partial charge on any atom is 0.238 e. The van der Waals surface area contributed by atoms with Gasteiger partial charge in [-0.15, -0.1) is 0 Å². The molecule has 0 aliphatic rings.